The lowest BCUT2D eigenvalue weighted by atomic mass is 9.85. The Labute approximate surface area is 187 Å². The first kappa shape index (κ1) is 21.6. The molecule has 0 radical (unpaired) electrons. The van der Waals surface area contributed by atoms with E-state index in [9.17, 15) is 0 Å². The average molecular weight is 414 g/mol. The molecule has 31 heavy (non-hydrogen) atoms. The van der Waals surface area contributed by atoms with Crippen molar-refractivity contribution in [1.82, 2.24) is 4.57 Å². The number of aromatic nitrogens is 2. The monoisotopic (exact) mass is 413 g/mol. The van der Waals surface area contributed by atoms with E-state index >= 15 is 0 Å². The van der Waals surface area contributed by atoms with Gasteiger partial charge in [0.05, 0.1) is 13.2 Å². The highest BCUT2D eigenvalue weighted by Crippen LogP contribution is 2.40. The third kappa shape index (κ3) is 3.46. The SMILES string of the molecule is Cc1c(C(C)C)c(C(C)C)cc2c3ccccc3n(-c3cc(C(C)(C)C)cc[n+]3C)c12. The summed E-state index contributed by atoms with van der Waals surface area (Å²) in [7, 11) is 2.16. The van der Waals surface area contributed by atoms with Crippen LogP contribution in [0.5, 0.6) is 0 Å². The molecule has 4 rings (SSSR count). The van der Waals surface area contributed by atoms with Gasteiger partial charge in [-0.25, -0.2) is 4.57 Å². The second-order valence-electron chi connectivity index (χ2n) is 10.7. The van der Waals surface area contributed by atoms with Crippen molar-refractivity contribution in [3.8, 4) is 5.82 Å². The first-order chi connectivity index (χ1) is 14.5. The molecule has 2 heterocycles. The number of aryl methyl sites for hydroxylation is 2. The van der Waals surface area contributed by atoms with Gasteiger partial charge in [0.25, 0.3) is 5.82 Å². The summed E-state index contributed by atoms with van der Waals surface area (Å²) in [6, 6.07) is 16.0. The molecule has 2 aromatic heterocycles. The normalized spacial score (nSPS) is 12.6. The van der Waals surface area contributed by atoms with E-state index in [2.05, 4.69) is 120 Å². The maximum atomic E-state index is 2.49. The Morgan fingerprint density at radius 3 is 2.16 bits per heavy atom. The highest BCUT2D eigenvalue weighted by molar-refractivity contribution is 6.10. The van der Waals surface area contributed by atoms with E-state index in [1.807, 2.05) is 0 Å². The standard InChI is InChI=1S/C29H37N2/c1-18(2)23-17-24-22-12-10-11-13-25(22)31(28(24)20(5)27(23)19(3)4)26-16-21(29(6,7)8)14-15-30(26)9/h10-19H,1-9H3/q+1. The average Bonchev–Trinajstić information content (AvgIpc) is 3.02. The number of pyridine rings is 1. The zero-order chi connectivity index (χ0) is 22.7. The molecule has 0 saturated carbocycles. The molecule has 162 valence electrons. The third-order valence-electron chi connectivity index (χ3n) is 6.70. The van der Waals surface area contributed by atoms with Crippen molar-refractivity contribution < 1.29 is 4.57 Å². The van der Waals surface area contributed by atoms with Gasteiger partial charge < -0.3 is 0 Å². The van der Waals surface area contributed by atoms with Crippen LogP contribution >= 0.6 is 0 Å². The first-order valence-corrected chi connectivity index (χ1v) is 11.6. The maximum Gasteiger partial charge on any atom is 0.286 e. The van der Waals surface area contributed by atoms with Gasteiger partial charge in [-0.15, -0.1) is 0 Å². The van der Waals surface area contributed by atoms with E-state index in [4.69, 9.17) is 0 Å². The number of hydrogen-bond acceptors (Lipinski definition) is 0. The summed E-state index contributed by atoms with van der Waals surface area (Å²) in [5.74, 6) is 2.21. The van der Waals surface area contributed by atoms with Crippen LogP contribution in [0.1, 0.15) is 82.6 Å². The highest BCUT2D eigenvalue weighted by atomic mass is 15.1. The van der Waals surface area contributed by atoms with Crippen molar-refractivity contribution in [3.63, 3.8) is 0 Å². The first-order valence-electron chi connectivity index (χ1n) is 11.6. The van der Waals surface area contributed by atoms with E-state index in [-0.39, 0.29) is 5.41 Å². The quantitative estimate of drug-likeness (QED) is 0.308. The predicted octanol–water partition coefficient (Wildman–Crippen LogP) is 7.46. The van der Waals surface area contributed by atoms with E-state index < -0.39 is 0 Å². The van der Waals surface area contributed by atoms with Crippen LogP contribution in [0.15, 0.2) is 48.7 Å². The Kier molecular flexibility index (Phi) is 5.24. The van der Waals surface area contributed by atoms with Gasteiger partial charge in [-0.3, -0.25) is 0 Å². The van der Waals surface area contributed by atoms with Crippen LogP contribution in [0.3, 0.4) is 0 Å². The van der Waals surface area contributed by atoms with Crippen LogP contribution in [0.4, 0.5) is 0 Å². The summed E-state index contributed by atoms with van der Waals surface area (Å²) >= 11 is 0. The number of nitrogens with zero attached hydrogens (tertiary/aromatic N) is 2. The Bertz CT molecular complexity index is 1280. The Hall–Kier alpha value is -2.61. The topological polar surface area (TPSA) is 8.81 Å². The minimum absolute atomic E-state index is 0.102. The van der Waals surface area contributed by atoms with Crippen molar-refractivity contribution in [2.75, 3.05) is 0 Å². The molecule has 2 heteroatoms. The summed E-state index contributed by atoms with van der Waals surface area (Å²) in [5.41, 5.74) is 8.47. The van der Waals surface area contributed by atoms with Crippen LogP contribution in [0.25, 0.3) is 27.6 Å². The molecule has 0 unspecified atom stereocenters. The van der Waals surface area contributed by atoms with Gasteiger partial charge in [-0.05, 0) is 65.1 Å². The number of fused-ring (bicyclic) bond motifs is 3. The van der Waals surface area contributed by atoms with Crippen LogP contribution < -0.4 is 4.57 Å². The molecule has 2 aromatic carbocycles. The van der Waals surface area contributed by atoms with Gasteiger partial charge in [-0.2, -0.15) is 4.57 Å². The van der Waals surface area contributed by atoms with Crippen LogP contribution in [0.2, 0.25) is 0 Å². The zero-order valence-corrected chi connectivity index (χ0v) is 20.7. The second-order valence-corrected chi connectivity index (χ2v) is 10.7. The van der Waals surface area contributed by atoms with Gasteiger partial charge in [0.15, 0.2) is 0 Å². The molecule has 0 bridgehead atoms. The Balaban J connectivity index is 2.22. The van der Waals surface area contributed by atoms with Gasteiger partial charge in [-0.1, -0.05) is 60.6 Å². The smallest absolute Gasteiger partial charge is 0.237 e. The van der Waals surface area contributed by atoms with Crippen LogP contribution in [0, 0.1) is 6.92 Å². The fourth-order valence-electron chi connectivity index (χ4n) is 5.09. The summed E-state index contributed by atoms with van der Waals surface area (Å²) in [6.07, 6.45) is 2.21. The maximum absolute atomic E-state index is 2.49. The van der Waals surface area contributed by atoms with E-state index in [1.165, 1.54) is 49.9 Å². The third-order valence-corrected chi connectivity index (χ3v) is 6.70. The Morgan fingerprint density at radius 1 is 0.871 bits per heavy atom. The molecule has 4 aromatic rings. The lowest BCUT2D eigenvalue weighted by Gasteiger charge is -2.21. The molecule has 0 aliphatic rings. The Morgan fingerprint density at radius 2 is 1.55 bits per heavy atom. The lowest BCUT2D eigenvalue weighted by Crippen LogP contribution is -2.34. The largest absolute Gasteiger partial charge is 0.286 e. The summed E-state index contributed by atoms with van der Waals surface area (Å²) in [6.45, 7) is 18.5. The van der Waals surface area contributed by atoms with Crippen molar-refractivity contribution in [2.45, 2.75) is 72.6 Å². The molecule has 0 fully saturated rings. The fourth-order valence-corrected chi connectivity index (χ4v) is 5.09. The van der Waals surface area contributed by atoms with Crippen molar-refractivity contribution in [2.24, 2.45) is 7.05 Å². The number of para-hydroxylation sites is 1. The number of benzene rings is 2. The number of hydrogen-bond donors (Lipinski definition) is 0. The number of rotatable bonds is 3. The molecule has 0 saturated heterocycles. The van der Waals surface area contributed by atoms with E-state index in [0.29, 0.717) is 11.8 Å². The highest BCUT2D eigenvalue weighted by Gasteiger charge is 2.27. The van der Waals surface area contributed by atoms with E-state index in [1.54, 1.807) is 0 Å². The molecule has 0 aliphatic heterocycles. The van der Waals surface area contributed by atoms with Crippen LogP contribution in [-0.2, 0) is 12.5 Å². The second kappa shape index (κ2) is 7.51. The molecular weight excluding hydrogens is 376 g/mol. The summed E-state index contributed by atoms with van der Waals surface area (Å²) in [4.78, 5) is 0. The molecular formula is C29H37N2+. The lowest BCUT2D eigenvalue weighted by molar-refractivity contribution is -0.665. The minimum atomic E-state index is 0.102. The molecule has 0 atom stereocenters. The summed E-state index contributed by atoms with van der Waals surface area (Å²) < 4.78 is 4.75. The van der Waals surface area contributed by atoms with E-state index in [0.717, 1.165) is 0 Å². The van der Waals surface area contributed by atoms with Crippen LogP contribution in [-0.4, -0.2) is 4.57 Å². The fraction of sp³-hybridized carbons (Fsp3) is 0.414. The van der Waals surface area contributed by atoms with Crippen molar-refractivity contribution in [1.29, 1.82) is 0 Å². The minimum Gasteiger partial charge on any atom is -0.237 e. The van der Waals surface area contributed by atoms with Crippen molar-refractivity contribution >= 4 is 21.8 Å². The van der Waals surface area contributed by atoms with Crippen molar-refractivity contribution in [3.05, 3.63) is 70.9 Å². The molecule has 0 spiro atoms. The van der Waals surface area contributed by atoms with Gasteiger partial charge in [0.1, 0.15) is 11.0 Å². The zero-order valence-electron chi connectivity index (χ0n) is 20.7. The molecule has 0 amide bonds. The van der Waals surface area contributed by atoms with Gasteiger partial charge in [0, 0.05) is 22.4 Å². The van der Waals surface area contributed by atoms with Gasteiger partial charge >= 0.3 is 0 Å². The molecule has 2 nitrogen and oxygen atoms in total. The molecule has 0 N–H and O–H groups in total. The van der Waals surface area contributed by atoms with Gasteiger partial charge in [0.2, 0.25) is 0 Å². The predicted molar refractivity (Wildman–Crippen MR) is 134 cm³/mol. The molecule has 0 aliphatic carbocycles. The summed E-state index contributed by atoms with van der Waals surface area (Å²) in [5, 5.41) is 2.70.